The van der Waals surface area contributed by atoms with Crippen LogP contribution in [0.5, 0.6) is 5.75 Å². The van der Waals surface area contributed by atoms with Crippen molar-refractivity contribution in [2.75, 3.05) is 12.3 Å². The Morgan fingerprint density at radius 1 is 1.21 bits per heavy atom. The molecular formula is C15H19N3O. The molecule has 0 unspecified atom stereocenters. The number of ether oxygens (including phenoxy) is 1. The van der Waals surface area contributed by atoms with Gasteiger partial charge in [-0.2, -0.15) is 0 Å². The number of aromatic nitrogens is 2. The first-order chi connectivity index (χ1) is 9.20. The van der Waals surface area contributed by atoms with Gasteiger partial charge in [0.25, 0.3) is 0 Å². The molecule has 0 atom stereocenters. The molecule has 1 heterocycles. The highest BCUT2D eigenvalue weighted by molar-refractivity contribution is 5.69. The summed E-state index contributed by atoms with van der Waals surface area (Å²) in [5.74, 6) is 1.31. The number of aryl methyl sites for hydroxylation is 1. The molecule has 0 aliphatic heterocycles. The van der Waals surface area contributed by atoms with Crippen molar-refractivity contribution < 1.29 is 4.74 Å². The fourth-order valence-corrected chi connectivity index (χ4v) is 1.82. The predicted octanol–water partition coefficient (Wildman–Crippen LogP) is 3.21. The summed E-state index contributed by atoms with van der Waals surface area (Å²) in [4.78, 5) is 8.19. The molecule has 0 radical (unpaired) electrons. The van der Waals surface area contributed by atoms with Crippen molar-refractivity contribution in [3.63, 3.8) is 0 Å². The van der Waals surface area contributed by atoms with Crippen LogP contribution in [-0.2, 0) is 0 Å². The lowest BCUT2D eigenvalue weighted by atomic mass is 10.1. The lowest BCUT2D eigenvalue weighted by Gasteiger charge is -2.12. The maximum atomic E-state index is 5.83. The first-order valence-corrected chi connectivity index (χ1v) is 6.52. The number of nitrogen functional groups attached to an aromatic ring is 1. The van der Waals surface area contributed by atoms with Gasteiger partial charge in [0.15, 0.2) is 0 Å². The second-order valence-electron chi connectivity index (χ2n) is 4.53. The van der Waals surface area contributed by atoms with Crippen molar-refractivity contribution in [2.45, 2.75) is 26.7 Å². The molecule has 4 nitrogen and oxygen atoms in total. The van der Waals surface area contributed by atoms with Gasteiger partial charge in [-0.3, -0.25) is 0 Å². The molecule has 1 aromatic carbocycles. The van der Waals surface area contributed by atoms with Gasteiger partial charge in [-0.25, -0.2) is 9.97 Å². The maximum absolute atomic E-state index is 5.83. The van der Waals surface area contributed by atoms with Crippen molar-refractivity contribution in [1.82, 2.24) is 9.97 Å². The Morgan fingerprint density at radius 3 is 2.79 bits per heavy atom. The van der Waals surface area contributed by atoms with Crippen molar-refractivity contribution in [3.05, 3.63) is 36.2 Å². The zero-order valence-corrected chi connectivity index (χ0v) is 11.4. The molecule has 0 aliphatic rings. The Bertz CT molecular complexity index is 555. The second kappa shape index (κ2) is 6.18. The molecule has 0 bridgehead atoms. The van der Waals surface area contributed by atoms with E-state index < -0.39 is 0 Å². The first kappa shape index (κ1) is 13.3. The minimum absolute atomic E-state index is 0.464. The number of benzene rings is 1. The van der Waals surface area contributed by atoms with Crippen LogP contribution in [0.15, 0.2) is 30.6 Å². The van der Waals surface area contributed by atoms with Crippen LogP contribution in [0.4, 0.5) is 5.82 Å². The van der Waals surface area contributed by atoms with E-state index in [0.717, 1.165) is 35.4 Å². The number of hydrogen-bond acceptors (Lipinski definition) is 4. The molecule has 0 aliphatic carbocycles. The summed E-state index contributed by atoms with van der Waals surface area (Å²) in [7, 11) is 0. The number of anilines is 1. The van der Waals surface area contributed by atoms with Crippen LogP contribution in [0, 0.1) is 6.92 Å². The van der Waals surface area contributed by atoms with Crippen LogP contribution in [0.2, 0.25) is 0 Å². The van der Waals surface area contributed by atoms with Crippen LogP contribution in [-0.4, -0.2) is 16.6 Å². The summed E-state index contributed by atoms with van der Waals surface area (Å²) < 4.78 is 5.83. The molecule has 2 rings (SSSR count). The Hall–Kier alpha value is -2.10. The Balaban J connectivity index is 2.34. The Kier molecular flexibility index (Phi) is 4.34. The molecule has 0 fully saturated rings. The van der Waals surface area contributed by atoms with E-state index in [4.69, 9.17) is 10.5 Å². The molecule has 4 heteroatoms. The van der Waals surface area contributed by atoms with Crippen molar-refractivity contribution in [3.8, 4) is 17.0 Å². The zero-order valence-electron chi connectivity index (χ0n) is 11.4. The van der Waals surface area contributed by atoms with E-state index >= 15 is 0 Å². The van der Waals surface area contributed by atoms with E-state index in [1.807, 2.05) is 19.1 Å². The number of unbranched alkanes of at least 4 members (excludes halogenated alkanes) is 1. The topological polar surface area (TPSA) is 61.0 Å². The number of hydrogen-bond donors (Lipinski definition) is 1. The fraction of sp³-hybridized carbons (Fsp3) is 0.333. The summed E-state index contributed by atoms with van der Waals surface area (Å²) in [6.07, 6.45) is 3.63. The van der Waals surface area contributed by atoms with Gasteiger partial charge in [-0.15, -0.1) is 0 Å². The summed E-state index contributed by atoms with van der Waals surface area (Å²) in [5, 5.41) is 0. The first-order valence-electron chi connectivity index (χ1n) is 6.52. The fourth-order valence-electron chi connectivity index (χ4n) is 1.82. The van der Waals surface area contributed by atoms with Gasteiger partial charge in [-0.05, 0) is 25.5 Å². The molecule has 100 valence electrons. The predicted molar refractivity (Wildman–Crippen MR) is 77.0 cm³/mol. The average molecular weight is 257 g/mol. The standard InChI is InChI=1S/C15H19N3O/c1-3-4-7-19-14-6-5-11(2)8-12(14)13-9-15(16)18-10-17-13/h5-6,8-10H,3-4,7H2,1-2H3,(H2,16,17,18). The largest absolute Gasteiger partial charge is 0.493 e. The van der Waals surface area contributed by atoms with E-state index in [1.165, 1.54) is 6.33 Å². The molecule has 1 aromatic heterocycles. The second-order valence-corrected chi connectivity index (χ2v) is 4.53. The summed E-state index contributed by atoms with van der Waals surface area (Å²) >= 11 is 0. The third kappa shape index (κ3) is 3.44. The van der Waals surface area contributed by atoms with Crippen molar-refractivity contribution in [1.29, 1.82) is 0 Å². The van der Waals surface area contributed by atoms with Gasteiger partial charge in [0.05, 0.1) is 12.3 Å². The molecule has 0 saturated carbocycles. The van der Waals surface area contributed by atoms with E-state index in [2.05, 4.69) is 23.0 Å². The minimum atomic E-state index is 0.464. The van der Waals surface area contributed by atoms with Gasteiger partial charge in [-0.1, -0.05) is 25.0 Å². The van der Waals surface area contributed by atoms with Crippen molar-refractivity contribution >= 4 is 5.82 Å². The third-order valence-electron chi connectivity index (χ3n) is 2.85. The molecule has 0 amide bonds. The highest BCUT2D eigenvalue weighted by atomic mass is 16.5. The minimum Gasteiger partial charge on any atom is -0.493 e. The van der Waals surface area contributed by atoms with Crippen LogP contribution in [0.1, 0.15) is 25.3 Å². The van der Waals surface area contributed by atoms with Gasteiger partial charge < -0.3 is 10.5 Å². The smallest absolute Gasteiger partial charge is 0.128 e. The summed E-state index contributed by atoms with van der Waals surface area (Å²) in [5.41, 5.74) is 8.63. The van der Waals surface area contributed by atoms with Crippen LogP contribution < -0.4 is 10.5 Å². The van der Waals surface area contributed by atoms with E-state index in [9.17, 15) is 0 Å². The molecule has 19 heavy (non-hydrogen) atoms. The van der Waals surface area contributed by atoms with Gasteiger partial charge in [0.1, 0.15) is 17.9 Å². The SMILES string of the molecule is CCCCOc1ccc(C)cc1-c1cc(N)ncn1. The number of rotatable bonds is 5. The summed E-state index contributed by atoms with van der Waals surface area (Å²) in [6.45, 7) is 4.90. The maximum Gasteiger partial charge on any atom is 0.128 e. The Morgan fingerprint density at radius 2 is 2.05 bits per heavy atom. The molecule has 0 spiro atoms. The molecule has 2 aromatic rings. The van der Waals surface area contributed by atoms with Crippen LogP contribution >= 0.6 is 0 Å². The molecule has 0 saturated heterocycles. The number of nitrogens with two attached hydrogens (primary N) is 1. The van der Waals surface area contributed by atoms with Crippen molar-refractivity contribution in [2.24, 2.45) is 0 Å². The average Bonchev–Trinajstić information content (AvgIpc) is 2.40. The van der Waals surface area contributed by atoms with Gasteiger partial charge >= 0.3 is 0 Å². The van der Waals surface area contributed by atoms with E-state index in [1.54, 1.807) is 6.07 Å². The van der Waals surface area contributed by atoms with E-state index in [-0.39, 0.29) is 0 Å². The lowest BCUT2D eigenvalue weighted by molar-refractivity contribution is 0.310. The third-order valence-corrected chi connectivity index (χ3v) is 2.85. The Labute approximate surface area is 113 Å². The summed E-state index contributed by atoms with van der Waals surface area (Å²) in [6, 6.07) is 7.85. The monoisotopic (exact) mass is 257 g/mol. The molecule has 2 N–H and O–H groups in total. The lowest BCUT2D eigenvalue weighted by Crippen LogP contribution is -2.00. The quantitative estimate of drug-likeness (QED) is 0.835. The zero-order chi connectivity index (χ0) is 13.7. The van der Waals surface area contributed by atoms with E-state index in [0.29, 0.717) is 12.4 Å². The highest BCUT2D eigenvalue weighted by Gasteiger charge is 2.08. The van der Waals surface area contributed by atoms with Gasteiger partial charge in [0.2, 0.25) is 0 Å². The van der Waals surface area contributed by atoms with Crippen LogP contribution in [0.25, 0.3) is 11.3 Å². The highest BCUT2D eigenvalue weighted by Crippen LogP contribution is 2.30. The van der Waals surface area contributed by atoms with Crippen LogP contribution in [0.3, 0.4) is 0 Å². The van der Waals surface area contributed by atoms with Gasteiger partial charge in [0, 0.05) is 11.6 Å². The normalized spacial score (nSPS) is 10.4. The number of nitrogens with zero attached hydrogens (tertiary/aromatic N) is 2. The molecular weight excluding hydrogens is 238 g/mol.